The Morgan fingerprint density at radius 3 is 2.56 bits per heavy atom. The van der Waals surface area contributed by atoms with Crippen LogP contribution in [0, 0.1) is 6.92 Å². The minimum Gasteiger partial charge on any atom is -0.504 e. The highest BCUT2D eigenvalue weighted by Gasteiger charge is 2.40. The predicted molar refractivity (Wildman–Crippen MR) is 139 cm³/mol. The lowest BCUT2D eigenvalue weighted by molar-refractivity contribution is -0.00717. The Morgan fingerprint density at radius 1 is 1.11 bits per heavy atom. The molecule has 0 saturated heterocycles. The summed E-state index contributed by atoms with van der Waals surface area (Å²) >= 11 is 0. The zero-order chi connectivity index (χ0) is 25.9. The Morgan fingerprint density at radius 2 is 1.86 bits per heavy atom. The number of benzene rings is 2. The Balaban J connectivity index is 1.96. The highest BCUT2D eigenvalue weighted by atomic mass is 16.5. The molecule has 1 aliphatic heterocycles. The van der Waals surface area contributed by atoms with Gasteiger partial charge in [-0.3, -0.25) is 13.9 Å². The van der Waals surface area contributed by atoms with Crippen LogP contribution in [0.25, 0.3) is 22.2 Å². The quantitative estimate of drug-likeness (QED) is 0.469. The second-order valence-corrected chi connectivity index (χ2v) is 10.0. The lowest BCUT2D eigenvalue weighted by Gasteiger charge is -2.39. The molecule has 0 saturated carbocycles. The molecule has 0 fully saturated rings. The maximum atomic E-state index is 13.7. The Labute approximate surface area is 208 Å². The SMILES string of the molecule is CCOc1cc(C2OCC(C)(C)n3c(-c4cccc(C)c4)c4c(=O)n(C)c(=O)n(C)c4c32)ccc1O. The summed E-state index contributed by atoms with van der Waals surface area (Å²) < 4.78 is 16.9. The largest absolute Gasteiger partial charge is 0.504 e. The van der Waals surface area contributed by atoms with Crippen molar-refractivity contribution in [1.29, 1.82) is 0 Å². The normalized spacial score (nSPS) is 16.8. The van der Waals surface area contributed by atoms with Gasteiger partial charge in [0.2, 0.25) is 0 Å². The summed E-state index contributed by atoms with van der Waals surface area (Å²) in [6.07, 6.45) is -0.586. The lowest BCUT2D eigenvalue weighted by atomic mass is 9.97. The summed E-state index contributed by atoms with van der Waals surface area (Å²) in [6, 6.07) is 13.2. The fourth-order valence-corrected chi connectivity index (χ4v) is 5.28. The van der Waals surface area contributed by atoms with Crippen LogP contribution in [0.1, 0.15) is 43.7 Å². The van der Waals surface area contributed by atoms with Crippen molar-refractivity contribution in [3.63, 3.8) is 0 Å². The number of rotatable bonds is 4. The Hall–Kier alpha value is -3.78. The summed E-state index contributed by atoms with van der Waals surface area (Å²) in [4.78, 5) is 26.8. The van der Waals surface area contributed by atoms with E-state index in [4.69, 9.17) is 9.47 Å². The number of aryl methyl sites for hydroxylation is 2. The third-order valence-corrected chi connectivity index (χ3v) is 6.94. The first-order valence-electron chi connectivity index (χ1n) is 12.1. The number of hydrogen-bond donors (Lipinski definition) is 1. The molecular weight excluding hydrogens is 458 g/mol. The maximum Gasteiger partial charge on any atom is 0.331 e. The van der Waals surface area contributed by atoms with E-state index in [9.17, 15) is 14.7 Å². The molecule has 2 aromatic heterocycles. The molecule has 0 spiro atoms. The molecule has 2 aromatic carbocycles. The van der Waals surface area contributed by atoms with Crippen LogP contribution in [-0.2, 0) is 24.4 Å². The molecule has 1 unspecified atom stereocenters. The van der Waals surface area contributed by atoms with Gasteiger partial charge in [0.05, 0.1) is 41.0 Å². The molecule has 1 N–H and O–H groups in total. The van der Waals surface area contributed by atoms with Crippen LogP contribution in [-0.4, -0.2) is 32.0 Å². The number of phenols is 1. The first-order chi connectivity index (χ1) is 17.1. The smallest absolute Gasteiger partial charge is 0.331 e. The number of aromatic hydroxyl groups is 1. The second-order valence-electron chi connectivity index (χ2n) is 10.0. The second kappa shape index (κ2) is 8.41. The molecule has 3 heterocycles. The summed E-state index contributed by atoms with van der Waals surface area (Å²) in [5, 5.41) is 10.8. The lowest BCUT2D eigenvalue weighted by Crippen LogP contribution is -2.40. The van der Waals surface area contributed by atoms with Crippen molar-refractivity contribution in [1.82, 2.24) is 13.7 Å². The van der Waals surface area contributed by atoms with E-state index in [2.05, 4.69) is 24.5 Å². The van der Waals surface area contributed by atoms with Gasteiger partial charge in [-0.05, 0) is 57.0 Å². The highest BCUT2D eigenvalue weighted by molar-refractivity contribution is 5.97. The zero-order valence-electron chi connectivity index (χ0n) is 21.5. The molecule has 5 rings (SSSR count). The molecule has 1 aliphatic rings. The van der Waals surface area contributed by atoms with E-state index in [0.717, 1.165) is 32.6 Å². The van der Waals surface area contributed by atoms with Gasteiger partial charge in [0, 0.05) is 14.1 Å². The molecule has 4 aromatic rings. The van der Waals surface area contributed by atoms with Gasteiger partial charge in [-0.1, -0.05) is 29.8 Å². The van der Waals surface area contributed by atoms with Crippen molar-refractivity contribution in [3.05, 3.63) is 80.1 Å². The van der Waals surface area contributed by atoms with Crippen LogP contribution in [0.5, 0.6) is 11.5 Å². The standard InChI is InChI=1S/C28H31N3O5/c1-7-35-20-14-18(11-12-19(20)32)25-24-23-21(26(33)30(6)27(34)29(23)5)22(17-10-8-9-16(2)13-17)31(24)28(3,4)15-36-25/h8-14,25,32H,7,15H2,1-6H3. The molecule has 36 heavy (non-hydrogen) atoms. The topological polar surface area (TPSA) is 87.6 Å². The van der Waals surface area contributed by atoms with Crippen LogP contribution < -0.4 is 16.0 Å². The van der Waals surface area contributed by atoms with E-state index in [0.29, 0.717) is 29.9 Å². The van der Waals surface area contributed by atoms with E-state index in [1.165, 1.54) is 11.6 Å². The maximum absolute atomic E-state index is 13.7. The molecule has 0 bridgehead atoms. The number of hydrogen-bond acceptors (Lipinski definition) is 5. The van der Waals surface area contributed by atoms with Gasteiger partial charge in [0.15, 0.2) is 11.5 Å². The van der Waals surface area contributed by atoms with E-state index in [-0.39, 0.29) is 11.3 Å². The third-order valence-electron chi connectivity index (χ3n) is 6.94. The summed E-state index contributed by atoms with van der Waals surface area (Å²) in [6.45, 7) is 8.78. The molecule has 0 aliphatic carbocycles. The molecular formula is C28H31N3O5. The average Bonchev–Trinajstić information content (AvgIpc) is 3.21. The fraction of sp³-hybridized carbons (Fsp3) is 0.357. The van der Waals surface area contributed by atoms with Crippen LogP contribution in [0.3, 0.4) is 0 Å². The fourth-order valence-electron chi connectivity index (χ4n) is 5.28. The number of phenolic OH excluding ortho intramolecular Hbond substituents is 1. The molecule has 1 atom stereocenters. The number of fused-ring (bicyclic) bond motifs is 3. The monoisotopic (exact) mass is 489 g/mol. The first-order valence-corrected chi connectivity index (χ1v) is 12.1. The van der Waals surface area contributed by atoms with Crippen LogP contribution in [0.4, 0.5) is 0 Å². The van der Waals surface area contributed by atoms with Gasteiger partial charge >= 0.3 is 5.69 Å². The van der Waals surface area contributed by atoms with Gasteiger partial charge in [0.25, 0.3) is 5.56 Å². The molecule has 0 amide bonds. The van der Waals surface area contributed by atoms with Crippen LogP contribution in [0.15, 0.2) is 52.1 Å². The van der Waals surface area contributed by atoms with Crippen molar-refractivity contribution in [2.75, 3.05) is 13.2 Å². The Bertz CT molecular complexity index is 1620. The average molecular weight is 490 g/mol. The van der Waals surface area contributed by atoms with Gasteiger partial charge in [-0.2, -0.15) is 0 Å². The third kappa shape index (κ3) is 3.47. The zero-order valence-corrected chi connectivity index (χ0v) is 21.5. The highest BCUT2D eigenvalue weighted by Crippen LogP contribution is 2.46. The van der Waals surface area contributed by atoms with E-state index in [1.54, 1.807) is 25.2 Å². The summed E-state index contributed by atoms with van der Waals surface area (Å²) in [7, 11) is 3.19. The molecule has 8 nitrogen and oxygen atoms in total. The minimum absolute atomic E-state index is 0.0405. The van der Waals surface area contributed by atoms with Crippen molar-refractivity contribution in [2.45, 2.75) is 39.3 Å². The summed E-state index contributed by atoms with van der Waals surface area (Å²) in [5.41, 5.74) is 3.51. The van der Waals surface area contributed by atoms with Gasteiger partial charge in [-0.25, -0.2) is 4.79 Å². The van der Waals surface area contributed by atoms with Crippen molar-refractivity contribution < 1.29 is 14.6 Å². The Kier molecular flexibility index (Phi) is 5.59. The molecule has 188 valence electrons. The molecule has 8 heteroatoms. The number of ether oxygens (including phenoxy) is 2. The summed E-state index contributed by atoms with van der Waals surface area (Å²) in [5.74, 6) is 0.397. The van der Waals surface area contributed by atoms with Gasteiger partial charge < -0.3 is 19.1 Å². The van der Waals surface area contributed by atoms with Crippen LogP contribution >= 0.6 is 0 Å². The van der Waals surface area contributed by atoms with E-state index >= 15 is 0 Å². The van der Waals surface area contributed by atoms with Gasteiger partial charge in [0.1, 0.15) is 6.10 Å². The van der Waals surface area contributed by atoms with Crippen molar-refractivity contribution in [3.8, 4) is 22.8 Å². The van der Waals surface area contributed by atoms with E-state index < -0.39 is 17.3 Å². The molecule has 0 radical (unpaired) electrons. The van der Waals surface area contributed by atoms with Gasteiger partial charge in [-0.15, -0.1) is 0 Å². The minimum atomic E-state index is -0.586. The van der Waals surface area contributed by atoms with Crippen LogP contribution in [0.2, 0.25) is 0 Å². The van der Waals surface area contributed by atoms with Crippen molar-refractivity contribution in [2.24, 2.45) is 14.1 Å². The van der Waals surface area contributed by atoms with Crippen molar-refractivity contribution >= 4 is 10.9 Å². The number of nitrogens with zero attached hydrogens (tertiary/aromatic N) is 3. The van der Waals surface area contributed by atoms with E-state index in [1.807, 2.05) is 32.0 Å². The first kappa shape index (κ1) is 23.9. The predicted octanol–water partition coefficient (Wildman–Crippen LogP) is 3.97. The number of aromatic nitrogens is 3.